The molecule has 170 valence electrons. The lowest BCUT2D eigenvalue weighted by Crippen LogP contribution is -1.96. The van der Waals surface area contributed by atoms with Gasteiger partial charge in [0.1, 0.15) is 24.7 Å². The van der Waals surface area contributed by atoms with Crippen molar-refractivity contribution in [2.24, 2.45) is 0 Å². The number of hydrogen-bond donors (Lipinski definition) is 0. The molecular weight excluding hydrogens is 424 g/mol. The van der Waals surface area contributed by atoms with Gasteiger partial charge in [0.25, 0.3) is 0 Å². The van der Waals surface area contributed by atoms with Gasteiger partial charge in [0.15, 0.2) is 11.6 Å². The van der Waals surface area contributed by atoms with Gasteiger partial charge in [-0.15, -0.1) is 0 Å². The van der Waals surface area contributed by atoms with E-state index in [1.165, 1.54) is 12.2 Å². The summed E-state index contributed by atoms with van der Waals surface area (Å²) in [7, 11) is 0. The van der Waals surface area contributed by atoms with Crippen molar-refractivity contribution in [1.82, 2.24) is 0 Å². The van der Waals surface area contributed by atoms with Crippen molar-refractivity contribution in [3.63, 3.8) is 0 Å². The Labute approximate surface area is 200 Å². The minimum absolute atomic E-state index is 0.0997. The molecule has 0 radical (unpaired) electrons. The Balaban J connectivity index is 1.56. The SMILES string of the molecule is C=CCOc1ccc(/C=C/C(=O)c2ccc(/C=C/C(=O)c3ccc(OCC=C)cc3)cc2)cc1. The van der Waals surface area contributed by atoms with Crippen molar-refractivity contribution in [3.8, 4) is 11.5 Å². The van der Waals surface area contributed by atoms with E-state index in [0.29, 0.717) is 30.1 Å². The highest BCUT2D eigenvalue weighted by atomic mass is 16.5. The van der Waals surface area contributed by atoms with E-state index in [4.69, 9.17) is 9.47 Å². The minimum atomic E-state index is -0.112. The number of carbonyl (C=O) groups excluding carboxylic acids is 2. The number of rotatable bonds is 12. The smallest absolute Gasteiger partial charge is 0.185 e. The molecule has 0 unspecified atom stereocenters. The second-order valence-electron chi connectivity index (χ2n) is 7.31. The molecule has 4 heteroatoms. The molecular formula is C30H26O4. The van der Waals surface area contributed by atoms with Crippen LogP contribution < -0.4 is 9.47 Å². The first kappa shape index (κ1) is 24.2. The Morgan fingerprint density at radius 2 is 0.941 bits per heavy atom. The molecule has 0 heterocycles. The summed E-state index contributed by atoms with van der Waals surface area (Å²) >= 11 is 0. The lowest BCUT2D eigenvalue weighted by Gasteiger charge is -2.03. The molecule has 0 bridgehead atoms. The Morgan fingerprint density at radius 3 is 1.35 bits per heavy atom. The normalized spacial score (nSPS) is 10.8. The molecule has 0 aliphatic rings. The maximum atomic E-state index is 12.5. The molecule has 0 saturated carbocycles. The first-order valence-corrected chi connectivity index (χ1v) is 10.8. The second kappa shape index (κ2) is 12.6. The Hall–Kier alpha value is -4.44. The van der Waals surface area contributed by atoms with E-state index >= 15 is 0 Å². The number of ketones is 2. The molecule has 0 aliphatic heterocycles. The van der Waals surface area contributed by atoms with Gasteiger partial charge in [0, 0.05) is 11.1 Å². The summed E-state index contributed by atoms with van der Waals surface area (Å²) in [4.78, 5) is 24.9. The van der Waals surface area contributed by atoms with Gasteiger partial charge in [0.2, 0.25) is 0 Å². The third kappa shape index (κ3) is 7.31. The van der Waals surface area contributed by atoms with Crippen LogP contribution in [0.4, 0.5) is 0 Å². The summed E-state index contributed by atoms with van der Waals surface area (Å²) in [5, 5.41) is 0. The van der Waals surface area contributed by atoms with Gasteiger partial charge in [-0.2, -0.15) is 0 Å². The highest BCUT2D eigenvalue weighted by molar-refractivity contribution is 6.08. The molecule has 0 fully saturated rings. The van der Waals surface area contributed by atoms with Crippen molar-refractivity contribution in [1.29, 1.82) is 0 Å². The van der Waals surface area contributed by atoms with E-state index in [-0.39, 0.29) is 11.6 Å². The number of hydrogen-bond acceptors (Lipinski definition) is 4. The predicted octanol–water partition coefficient (Wildman–Crippen LogP) is 6.61. The van der Waals surface area contributed by atoms with Crippen LogP contribution in [0.1, 0.15) is 31.8 Å². The van der Waals surface area contributed by atoms with Gasteiger partial charge in [-0.25, -0.2) is 0 Å². The third-order valence-electron chi connectivity index (χ3n) is 4.80. The van der Waals surface area contributed by atoms with Crippen LogP contribution in [0, 0.1) is 0 Å². The average Bonchev–Trinajstić information content (AvgIpc) is 2.89. The second-order valence-corrected chi connectivity index (χ2v) is 7.31. The summed E-state index contributed by atoms with van der Waals surface area (Å²) in [6, 6.07) is 21.5. The van der Waals surface area contributed by atoms with Gasteiger partial charge >= 0.3 is 0 Å². The third-order valence-corrected chi connectivity index (χ3v) is 4.80. The van der Waals surface area contributed by atoms with Crippen LogP contribution in [-0.4, -0.2) is 24.8 Å². The van der Waals surface area contributed by atoms with Crippen LogP contribution in [0.15, 0.2) is 110 Å². The standard InChI is InChI=1S/C30H26O4/c1-3-21-33-27-15-7-24(8-16-27)10-20-29(31)25-11-5-23(6-12-25)9-19-30(32)26-13-17-28(18-14-26)34-22-4-2/h3-20H,1-2,21-22H2/b19-9+,20-10+. The molecule has 0 aliphatic carbocycles. The fourth-order valence-corrected chi connectivity index (χ4v) is 3.00. The van der Waals surface area contributed by atoms with Crippen molar-refractivity contribution >= 4 is 23.7 Å². The molecule has 0 N–H and O–H groups in total. The molecule has 0 aromatic heterocycles. The van der Waals surface area contributed by atoms with Gasteiger partial charge in [-0.3, -0.25) is 9.59 Å². The number of ether oxygens (including phenoxy) is 2. The van der Waals surface area contributed by atoms with E-state index in [0.717, 1.165) is 16.9 Å². The molecule has 3 aromatic carbocycles. The summed E-state index contributed by atoms with van der Waals surface area (Å²) in [6.45, 7) is 8.09. The van der Waals surface area contributed by atoms with Crippen LogP contribution in [-0.2, 0) is 0 Å². The molecule has 3 rings (SSSR count). The lowest BCUT2D eigenvalue weighted by molar-refractivity contribution is 0.103. The molecule has 0 saturated heterocycles. The minimum Gasteiger partial charge on any atom is -0.490 e. The van der Waals surface area contributed by atoms with Crippen molar-refractivity contribution in [3.05, 3.63) is 133 Å². The van der Waals surface area contributed by atoms with Crippen LogP contribution >= 0.6 is 0 Å². The summed E-state index contributed by atoms with van der Waals surface area (Å²) in [5.41, 5.74) is 2.87. The Morgan fingerprint density at radius 1 is 0.588 bits per heavy atom. The fourth-order valence-electron chi connectivity index (χ4n) is 3.00. The Kier molecular flexibility index (Phi) is 8.94. The zero-order chi connectivity index (χ0) is 24.2. The Bertz CT molecular complexity index is 1180. The van der Waals surface area contributed by atoms with Gasteiger partial charge in [0.05, 0.1) is 0 Å². The van der Waals surface area contributed by atoms with Gasteiger partial charge < -0.3 is 9.47 Å². The molecule has 0 spiro atoms. The quantitative estimate of drug-likeness (QED) is 0.177. The zero-order valence-corrected chi connectivity index (χ0v) is 18.9. The maximum Gasteiger partial charge on any atom is 0.185 e. The summed E-state index contributed by atoms with van der Waals surface area (Å²) in [5.74, 6) is 1.22. The van der Waals surface area contributed by atoms with E-state index in [1.807, 2.05) is 36.4 Å². The topological polar surface area (TPSA) is 52.6 Å². The fraction of sp³-hybridized carbons (Fsp3) is 0.0667. The number of carbonyl (C=O) groups is 2. The largest absolute Gasteiger partial charge is 0.490 e. The number of allylic oxidation sites excluding steroid dienone is 2. The summed E-state index contributed by atoms with van der Waals surface area (Å²) < 4.78 is 10.9. The monoisotopic (exact) mass is 450 g/mol. The van der Waals surface area contributed by atoms with Crippen molar-refractivity contribution in [2.75, 3.05) is 13.2 Å². The van der Waals surface area contributed by atoms with Crippen LogP contribution in [0.3, 0.4) is 0 Å². The first-order chi connectivity index (χ1) is 16.6. The van der Waals surface area contributed by atoms with E-state index < -0.39 is 0 Å². The predicted molar refractivity (Wildman–Crippen MR) is 137 cm³/mol. The van der Waals surface area contributed by atoms with Gasteiger partial charge in [-0.05, 0) is 59.7 Å². The first-order valence-electron chi connectivity index (χ1n) is 10.8. The number of benzene rings is 3. The van der Waals surface area contributed by atoms with Crippen molar-refractivity contribution < 1.29 is 19.1 Å². The average molecular weight is 451 g/mol. The van der Waals surface area contributed by atoms with Gasteiger partial charge in [-0.1, -0.05) is 73.9 Å². The molecule has 34 heavy (non-hydrogen) atoms. The van der Waals surface area contributed by atoms with Crippen molar-refractivity contribution in [2.45, 2.75) is 0 Å². The summed E-state index contributed by atoms with van der Waals surface area (Å²) in [6.07, 6.45) is 9.89. The van der Waals surface area contributed by atoms with E-state index in [1.54, 1.807) is 60.7 Å². The molecule has 0 atom stereocenters. The van der Waals surface area contributed by atoms with E-state index in [2.05, 4.69) is 13.2 Å². The highest BCUT2D eigenvalue weighted by Gasteiger charge is 2.04. The van der Waals surface area contributed by atoms with E-state index in [9.17, 15) is 9.59 Å². The van der Waals surface area contributed by atoms with Crippen LogP contribution in [0.25, 0.3) is 12.2 Å². The maximum absolute atomic E-state index is 12.5. The lowest BCUT2D eigenvalue weighted by atomic mass is 10.1. The molecule has 4 nitrogen and oxygen atoms in total. The zero-order valence-electron chi connectivity index (χ0n) is 18.9. The highest BCUT2D eigenvalue weighted by Crippen LogP contribution is 2.15. The molecule has 0 amide bonds. The molecule has 3 aromatic rings. The van der Waals surface area contributed by atoms with Crippen LogP contribution in [0.2, 0.25) is 0 Å². The van der Waals surface area contributed by atoms with Crippen LogP contribution in [0.5, 0.6) is 11.5 Å².